The fraction of sp³-hybridized carbons (Fsp3) is 0.0435. The van der Waals surface area contributed by atoms with E-state index in [9.17, 15) is 16.8 Å². The van der Waals surface area contributed by atoms with Gasteiger partial charge in [0.2, 0.25) is 0 Å². The van der Waals surface area contributed by atoms with Crippen molar-refractivity contribution in [1.29, 1.82) is 0 Å². The number of nitrogens with zero attached hydrogens (tertiary/aromatic N) is 6. The second-order valence-electron chi connectivity index (χ2n) is 8.34. The zero-order valence-corrected chi connectivity index (χ0v) is 26.5. The van der Waals surface area contributed by atoms with Crippen LogP contribution in [0.15, 0.2) is 101 Å². The molecular formula is C23H20Cl2N8O4S2Sn. The first-order valence-electron chi connectivity index (χ1n) is 11.4. The fourth-order valence-electron chi connectivity index (χ4n) is 3.69. The molecule has 0 saturated heterocycles. The molecule has 206 valence electrons. The Balaban J connectivity index is 1.31. The van der Waals surface area contributed by atoms with Gasteiger partial charge in [-0.1, -0.05) is 0 Å². The molecule has 2 aromatic heterocycles. The van der Waals surface area contributed by atoms with Gasteiger partial charge < -0.3 is 0 Å². The summed E-state index contributed by atoms with van der Waals surface area (Å²) in [6.07, 6.45) is 7.73. The third kappa shape index (κ3) is 5.95. The molecule has 0 spiro atoms. The van der Waals surface area contributed by atoms with Gasteiger partial charge in [-0.05, 0) is 0 Å². The van der Waals surface area contributed by atoms with Gasteiger partial charge in [0.15, 0.2) is 0 Å². The SMILES string of the molecule is Cc1ccnc(NS(=O)(=O)c2ccc([N]3C=C[N](c4ccc(S(=O)(=O)Nc5ncccn5)cc4)[Sn]3([Cl])[Cl])cc2)n1. The van der Waals surface area contributed by atoms with Crippen LogP contribution in [0.4, 0.5) is 23.3 Å². The van der Waals surface area contributed by atoms with Gasteiger partial charge in [-0.3, -0.25) is 0 Å². The van der Waals surface area contributed by atoms with Crippen LogP contribution in [0.25, 0.3) is 0 Å². The van der Waals surface area contributed by atoms with E-state index in [0.717, 1.165) is 0 Å². The molecule has 4 aromatic rings. The third-order valence-electron chi connectivity index (χ3n) is 5.61. The van der Waals surface area contributed by atoms with Crippen LogP contribution >= 0.6 is 17.8 Å². The monoisotopic (exact) mass is 726 g/mol. The van der Waals surface area contributed by atoms with E-state index in [1.807, 2.05) is 0 Å². The summed E-state index contributed by atoms with van der Waals surface area (Å²) in [7, 11) is 6.03. The number of hydrogen-bond donors (Lipinski definition) is 2. The van der Waals surface area contributed by atoms with Crippen molar-refractivity contribution in [2.75, 3.05) is 15.7 Å². The summed E-state index contributed by atoms with van der Waals surface area (Å²) in [5.41, 5.74) is 1.81. The molecule has 0 bridgehead atoms. The molecule has 0 radical (unpaired) electrons. The standard InChI is InChI=1S/C23H20N8O4S2.2ClH.Sn/c1-17-11-14-28-23(29-17)31-37(34,35)21-9-5-19(6-10-21)25-16-15-24-18-3-7-20(8-4-18)36(32,33)30-22-26-12-2-13-27-22;;;/h2-16H,1H3,(H,26,27,30)(H,28,29,31);2*1H;/q-2;;;+4/p-2. The first-order chi connectivity index (χ1) is 19.0. The van der Waals surface area contributed by atoms with Crippen LogP contribution in [0.1, 0.15) is 5.69 Å². The van der Waals surface area contributed by atoms with E-state index in [0.29, 0.717) is 17.1 Å². The zero-order chi connectivity index (χ0) is 28.5. The summed E-state index contributed by atoms with van der Waals surface area (Å²) in [4.78, 5) is 15.8. The van der Waals surface area contributed by atoms with Crippen LogP contribution in [0.5, 0.6) is 0 Å². The average Bonchev–Trinajstić information content (AvgIpc) is 3.23. The van der Waals surface area contributed by atoms with Gasteiger partial charge in [-0.15, -0.1) is 0 Å². The van der Waals surface area contributed by atoms with E-state index in [1.165, 1.54) is 42.9 Å². The van der Waals surface area contributed by atoms with Crippen LogP contribution in [-0.4, -0.2) is 53.4 Å². The molecule has 40 heavy (non-hydrogen) atoms. The first-order valence-corrected chi connectivity index (χ1v) is 24.2. The minimum atomic E-state index is -4.31. The number of halogens is 2. The van der Waals surface area contributed by atoms with Crippen LogP contribution in [-0.2, 0) is 20.0 Å². The second-order valence-corrected chi connectivity index (χ2v) is 25.7. The van der Waals surface area contributed by atoms with Crippen molar-refractivity contribution in [3.05, 3.63) is 97.3 Å². The molecule has 17 heteroatoms. The van der Waals surface area contributed by atoms with Gasteiger partial charge >= 0.3 is 244 Å². The Kier molecular flexibility index (Phi) is 7.80. The Morgan fingerprint density at radius 1 is 0.675 bits per heavy atom. The van der Waals surface area contributed by atoms with Crippen LogP contribution in [0, 0.1) is 6.92 Å². The molecule has 3 heterocycles. The van der Waals surface area contributed by atoms with Crippen molar-refractivity contribution in [3.8, 4) is 0 Å². The zero-order valence-electron chi connectivity index (χ0n) is 20.5. The molecule has 0 fully saturated rings. The summed E-state index contributed by atoms with van der Waals surface area (Å²) >= 11 is -4.31. The van der Waals surface area contributed by atoms with E-state index < -0.39 is 36.7 Å². The van der Waals surface area contributed by atoms with Crippen LogP contribution < -0.4 is 15.7 Å². The minimum absolute atomic E-state index is 0.00940. The summed E-state index contributed by atoms with van der Waals surface area (Å²) in [5.74, 6) is -0.0681. The van der Waals surface area contributed by atoms with Gasteiger partial charge in [0.1, 0.15) is 0 Å². The maximum absolute atomic E-state index is 12.8. The number of nitrogens with one attached hydrogen (secondary N) is 2. The molecule has 0 aliphatic carbocycles. The van der Waals surface area contributed by atoms with Crippen molar-refractivity contribution in [3.63, 3.8) is 0 Å². The molecule has 0 unspecified atom stereocenters. The van der Waals surface area contributed by atoms with Crippen molar-refractivity contribution in [2.24, 2.45) is 0 Å². The van der Waals surface area contributed by atoms with Gasteiger partial charge in [-0.25, -0.2) is 0 Å². The number of aromatic nitrogens is 4. The summed E-state index contributed by atoms with van der Waals surface area (Å²) < 4.78 is 59.1. The Morgan fingerprint density at radius 3 is 1.60 bits per heavy atom. The molecule has 1 aliphatic rings. The predicted octanol–water partition coefficient (Wildman–Crippen LogP) is 3.89. The quantitative estimate of drug-likeness (QED) is 0.256. The number of anilines is 4. The van der Waals surface area contributed by atoms with Crippen molar-refractivity contribution in [2.45, 2.75) is 16.7 Å². The third-order valence-corrected chi connectivity index (χ3v) is 18.8. The van der Waals surface area contributed by atoms with Crippen molar-refractivity contribution in [1.82, 2.24) is 19.9 Å². The van der Waals surface area contributed by atoms with Gasteiger partial charge in [0.05, 0.1) is 0 Å². The van der Waals surface area contributed by atoms with E-state index in [1.54, 1.807) is 62.0 Å². The van der Waals surface area contributed by atoms with Gasteiger partial charge in [0, 0.05) is 0 Å². The number of hydrogen-bond acceptors (Lipinski definition) is 10. The Labute approximate surface area is 242 Å². The molecule has 0 saturated carbocycles. The Morgan fingerprint density at radius 2 is 1.12 bits per heavy atom. The molecule has 5 rings (SSSR count). The van der Waals surface area contributed by atoms with Crippen molar-refractivity contribution < 1.29 is 16.8 Å². The Bertz CT molecular complexity index is 1780. The van der Waals surface area contributed by atoms with E-state index >= 15 is 0 Å². The number of rotatable bonds is 8. The van der Waals surface area contributed by atoms with E-state index in [4.69, 9.17) is 17.8 Å². The Hall–Kier alpha value is -3.18. The normalized spacial score (nSPS) is 14.8. The number of aryl methyl sites for hydroxylation is 1. The van der Waals surface area contributed by atoms with E-state index in [-0.39, 0.29) is 21.7 Å². The van der Waals surface area contributed by atoms with Gasteiger partial charge in [-0.2, -0.15) is 0 Å². The van der Waals surface area contributed by atoms with Gasteiger partial charge in [0.25, 0.3) is 0 Å². The summed E-state index contributed by atoms with van der Waals surface area (Å²) in [6.45, 7) is 1.73. The first kappa shape index (κ1) is 28.4. The fourth-order valence-corrected chi connectivity index (χ4v) is 14.4. The topological polar surface area (TPSA) is 150 Å². The average molecular weight is 726 g/mol. The summed E-state index contributed by atoms with van der Waals surface area (Å²) in [5, 5.41) is 0. The molecule has 12 nitrogen and oxygen atoms in total. The van der Waals surface area contributed by atoms with Crippen LogP contribution in [0.2, 0.25) is 0 Å². The molecule has 2 N–H and O–H groups in total. The summed E-state index contributed by atoms with van der Waals surface area (Å²) in [6, 6.07) is 15.3. The van der Waals surface area contributed by atoms with Crippen molar-refractivity contribution >= 4 is 77.8 Å². The number of sulfonamides is 2. The number of benzene rings is 2. The second kappa shape index (κ2) is 11.0. The molecular weight excluding hydrogens is 706 g/mol. The predicted molar refractivity (Wildman–Crippen MR) is 155 cm³/mol. The molecule has 1 aliphatic heterocycles. The molecule has 0 amide bonds. The van der Waals surface area contributed by atoms with Crippen LogP contribution in [0.3, 0.4) is 0 Å². The molecule has 2 aromatic carbocycles. The van der Waals surface area contributed by atoms with E-state index in [2.05, 4.69) is 29.4 Å². The maximum atomic E-state index is 12.8. The molecule has 0 atom stereocenters.